The molecule has 2 saturated heterocycles. The number of nitro benzene ring substituents is 1. The van der Waals surface area contributed by atoms with Crippen molar-refractivity contribution in [1.29, 1.82) is 0 Å². The molecule has 3 heterocycles. The van der Waals surface area contributed by atoms with Gasteiger partial charge in [0.25, 0.3) is 17.4 Å². The zero-order valence-corrected chi connectivity index (χ0v) is 40.3. The Bertz CT molecular complexity index is 2110. The minimum atomic E-state index is -4.42. The van der Waals surface area contributed by atoms with E-state index in [0.29, 0.717) is 44.1 Å². The smallest absolute Gasteiger partial charge is 0.329 e. The number of nitro groups is 1. The summed E-state index contributed by atoms with van der Waals surface area (Å²) in [5.74, 6) is -9.00. The molecule has 1 amide bonds. The minimum Gasteiger partial charge on any atom is -0.456 e. The van der Waals surface area contributed by atoms with Gasteiger partial charge in [-0.1, -0.05) is 57.6 Å². The second kappa shape index (κ2) is 22.5. The number of ether oxygens (including phenoxy) is 4. The molecule has 66 heavy (non-hydrogen) atoms. The molecule has 3 aliphatic heterocycles. The van der Waals surface area contributed by atoms with Crippen molar-refractivity contribution in [1.82, 2.24) is 4.90 Å². The van der Waals surface area contributed by atoms with Crippen molar-refractivity contribution in [2.45, 2.75) is 171 Å². The van der Waals surface area contributed by atoms with Crippen LogP contribution in [0.1, 0.15) is 112 Å². The highest BCUT2D eigenvalue weighted by Crippen LogP contribution is 2.40. The van der Waals surface area contributed by atoms with Crippen LogP contribution in [0.4, 0.5) is 5.69 Å². The van der Waals surface area contributed by atoms with Gasteiger partial charge >= 0.3 is 5.97 Å². The Balaban J connectivity index is 1.54. The highest BCUT2D eigenvalue weighted by molar-refractivity contribution is 7.92. The summed E-state index contributed by atoms with van der Waals surface area (Å²) in [5, 5.41) is 45.3. The number of carbonyl (C=O) groups is 4. The number of rotatable bonds is 8. The molecule has 1 aromatic rings. The molecule has 5 rings (SSSR count). The van der Waals surface area contributed by atoms with E-state index < -0.39 is 120 Å². The van der Waals surface area contributed by atoms with E-state index in [9.17, 15) is 53.0 Å². The average molecular weight is 947 g/mol. The Morgan fingerprint density at radius 3 is 2.29 bits per heavy atom. The number of benzene rings is 1. The number of esters is 1. The van der Waals surface area contributed by atoms with Crippen molar-refractivity contribution in [3.05, 3.63) is 57.7 Å². The first-order chi connectivity index (χ1) is 31.1. The molecule has 1 saturated carbocycles. The first-order valence-corrected chi connectivity index (χ1v) is 24.9. The maximum atomic E-state index is 14.5. The number of ketones is 2. The van der Waals surface area contributed by atoms with Crippen LogP contribution in [0.3, 0.4) is 0 Å². The summed E-state index contributed by atoms with van der Waals surface area (Å²) in [4.78, 5) is 68.7. The lowest BCUT2D eigenvalue weighted by atomic mass is 9.82. The van der Waals surface area contributed by atoms with Gasteiger partial charge < -0.3 is 39.2 Å². The standard InChI is InChI=1S/C48H70N2O15S/c1-9-33-21-27(2)20-28(3)22-39(62-7)44-40(63-8)24-30(5)48(57,65-44)45(54)46(55)49-19-13-12-15-35(49)47(56)64-43(31(6)37(52)26-38(33)53)29(4)23-32-17-18-36(51)42(25-32)66(60,61)41-16-11-10-14-34(41)50(58)59/h10-11,14,16,21,23,28,30-33,35-37,39-40,42-44,51-52,57H,9,12-13,15,17-20,22,24-26H2,1-8H3/b27-21+,29-23?. The molecule has 14 atom stereocenters. The van der Waals surface area contributed by atoms with E-state index >= 15 is 0 Å². The van der Waals surface area contributed by atoms with E-state index in [2.05, 4.69) is 0 Å². The second-order valence-electron chi connectivity index (χ2n) is 19.2. The highest BCUT2D eigenvalue weighted by atomic mass is 32.2. The van der Waals surface area contributed by atoms with Crippen molar-refractivity contribution >= 4 is 39.0 Å². The van der Waals surface area contributed by atoms with Crippen LogP contribution in [0, 0.1) is 39.7 Å². The van der Waals surface area contributed by atoms with Gasteiger partial charge in [-0.25, -0.2) is 13.2 Å². The number of para-hydroxylation sites is 1. The summed E-state index contributed by atoms with van der Waals surface area (Å²) >= 11 is 0. The summed E-state index contributed by atoms with van der Waals surface area (Å²) in [6.45, 7) is 10.7. The number of cyclic esters (lactones) is 1. The van der Waals surface area contributed by atoms with Crippen molar-refractivity contribution in [3.8, 4) is 0 Å². The first kappa shape index (κ1) is 53.1. The number of Topliss-reactive ketones (excluding diaryl/α,β-unsaturated/α-hetero) is 2. The number of aliphatic hydroxyl groups excluding tert-OH is 2. The van der Waals surface area contributed by atoms with Gasteiger partial charge in [0.05, 0.1) is 34.6 Å². The van der Waals surface area contributed by atoms with Gasteiger partial charge in [0, 0.05) is 51.0 Å². The van der Waals surface area contributed by atoms with Crippen LogP contribution >= 0.6 is 0 Å². The van der Waals surface area contributed by atoms with Gasteiger partial charge in [0.15, 0.2) is 9.84 Å². The topological polar surface area (TPSA) is 246 Å². The summed E-state index contributed by atoms with van der Waals surface area (Å²) in [7, 11) is -1.42. The van der Waals surface area contributed by atoms with E-state index in [4.69, 9.17) is 18.9 Å². The number of amides is 1. The van der Waals surface area contributed by atoms with Crippen molar-refractivity contribution in [2.75, 3.05) is 20.8 Å². The van der Waals surface area contributed by atoms with Gasteiger partial charge in [-0.3, -0.25) is 24.5 Å². The Hall–Kier alpha value is -3.91. The molecule has 18 heteroatoms. The SMILES string of the molecule is CCC1/C=C(\C)CC(C)CC(OC)C2OC(O)(C(=O)C(=O)N3CCCCC3C(=O)OC(C(C)=CC3CCC(O)C(S(=O)(=O)c4ccccc4[N+](=O)[O-])C3)C(C)C(O)CC1=O)C(C)CC2OC. The van der Waals surface area contributed by atoms with Gasteiger partial charge in [-0.05, 0) is 102 Å². The van der Waals surface area contributed by atoms with Crippen LogP contribution < -0.4 is 0 Å². The maximum Gasteiger partial charge on any atom is 0.329 e. The number of aliphatic hydroxyl groups is 3. The van der Waals surface area contributed by atoms with Gasteiger partial charge in [0.2, 0.25) is 5.79 Å². The molecule has 0 spiro atoms. The van der Waals surface area contributed by atoms with Crippen molar-refractivity contribution in [3.63, 3.8) is 0 Å². The molecule has 0 aromatic heterocycles. The number of methoxy groups -OCH3 is 2. The lowest BCUT2D eigenvalue weighted by molar-refractivity contribution is -0.387. The van der Waals surface area contributed by atoms with Gasteiger partial charge in [0.1, 0.15) is 28.9 Å². The number of nitrogens with zero attached hydrogens (tertiary/aromatic N) is 2. The number of hydrogen-bond acceptors (Lipinski definition) is 15. The predicted octanol–water partition coefficient (Wildman–Crippen LogP) is 5.21. The zero-order valence-electron chi connectivity index (χ0n) is 39.5. The van der Waals surface area contributed by atoms with E-state index in [1.54, 1.807) is 26.8 Å². The molecule has 1 aliphatic carbocycles. The van der Waals surface area contributed by atoms with E-state index in [1.165, 1.54) is 26.4 Å². The van der Waals surface area contributed by atoms with E-state index in [0.717, 1.165) is 22.6 Å². The minimum absolute atomic E-state index is 0.00605. The Labute approximate surface area is 388 Å². The largest absolute Gasteiger partial charge is 0.456 e. The fourth-order valence-corrected chi connectivity index (χ4v) is 12.6. The molecule has 14 unspecified atom stereocenters. The fraction of sp³-hybridized carbons (Fsp3) is 0.708. The monoisotopic (exact) mass is 946 g/mol. The average Bonchev–Trinajstić information content (AvgIpc) is 3.29. The number of sulfone groups is 1. The van der Waals surface area contributed by atoms with Crippen LogP contribution in [-0.4, -0.2) is 131 Å². The van der Waals surface area contributed by atoms with Crippen molar-refractivity contribution in [2.24, 2.45) is 29.6 Å². The molecule has 17 nitrogen and oxygen atoms in total. The highest BCUT2D eigenvalue weighted by Gasteiger charge is 2.57. The van der Waals surface area contributed by atoms with E-state index in [-0.39, 0.29) is 50.4 Å². The maximum absolute atomic E-state index is 14.5. The van der Waals surface area contributed by atoms with Gasteiger partial charge in [-0.2, -0.15) is 0 Å². The van der Waals surface area contributed by atoms with Crippen LogP contribution in [0.15, 0.2) is 52.5 Å². The van der Waals surface area contributed by atoms with Gasteiger partial charge in [-0.15, -0.1) is 0 Å². The summed E-state index contributed by atoms with van der Waals surface area (Å²) < 4.78 is 52.1. The number of hydrogen-bond donors (Lipinski definition) is 3. The normalized spacial score (nSPS) is 37.2. The molecule has 4 aliphatic rings. The summed E-state index contributed by atoms with van der Waals surface area (Å²) in [5.41, 5.74) is 0.713. The van der Waals surface area contributed by atoms with Crippen LogP contribution in [0.25, 0.3) is 0 Å². The first-order valence-electron chi connectivity index (χ1n) is 23.3. The molecule has 3 N–H and O–H groups in total. The molecule has 2 bridgehead atoms. The molecular weight excluding hydrogens is 877 g/mol. The number of piperidine rings is 1. The third-order valence-corrected chi connectivity index (χ3v) is 16.6. The predicted molar refractivity (Wildman–Crippen MR) is 241 cm³/mol. The lowest BCUT2D eigenvalue weighted by Gasteiger charge is -2.47. The zero-order chi connectivity index (χ0) is 48.8. The summed E-state index contributed by atoms with van der Waals surface area (Å²) in [6, 6.07) is 3.68. The quantitative estimate of drug-likeness (QED) is 0.0996. The Morgan fingerprint density at radius 1 is 0.970 bits per heavy atom. The molecule has 3 fully saturated rings. The van der Waals surface area contributed by atoms with Crippen LogP contribution in [-0.2, 0) is 48.0 Å². The molecule has 368 valence electrons. The Morgan fingerprint density at radius 2 is 1.64 bits per heavy atom. The van der Waals surface area contributed by atoms with Crippen LogP contribution in [0.2, 0.25) is 0 Å². The molecule has 0 radical (unpaired) electrons. The third-order valence-electron chi connectivity index (χ3n) is 14.4. The van der Waals surface area contributed by atoms with Crippen LogP contribution in [0.5, 0.6) is 0 Å². The molecule has 1 aromatic carbocycles. The third kappa shape index (κ3) is 11.7. The van der Waals surface area contributed by atoms with E-state index in [1.807, 2.05) is 26.8 Å². The molecular formula is C48H70N2O15S. The number of carbonyl (C=O) groups excluding carboxylic acids is 4. The fourth-order valence-electron chi connectivity index (χ4n) is 10.5. The number of fused-ring (bicyclic) bond motifs is 3. The number of allylic oxidation sites excluding steroid dienone is 3. The summed E-state index contributed by atoms with van der Waals surface area (Å²) in [6.07, 6.45) is 0.112. The Kier molecular flexibility index (Phi) is 18.1. The lowest BCUT2D eigenvalue weighted by Crippen LogP contribution is -2.64. The van der Waals surface area contributed by atoms with Crippen molar-refractivity contribution < 1.29 is 66.8 Å². The second-order valence-corrected chi connectivity index (χ2v) is 21.3.